The van der Waals surface area contributed by atoms with Crippen LogP contribution in [0.5, 0.6) is 0 Å². The fourth-order valence-electron chi connectivity index (χ4n) is 3.30. The van der Waals surface area contributed by atoms with Gasteiger partial charge in [-0.05, 0) is 31.0 Å². The lowest BCUT2D eigenvalue weighted by molar-refractivity contribution is 0.0954. The molecule has 8 heteroatoms. The minimum Gasteiger partial charge on any atom is -0.347 e. The lowest BCUT2D eigenvalue weighted by Gasteiger charge is -2.03. The average Bonchev–Trinajstić information content (AvgIpc) is 3.29. The molecule has 4 aromatic rings. The number of hydrogen-bond acceptors (Lipinski definition) is 4. The van der Waals surface area contributed by atoms with Crippen molar-refractivity contribution in [1.82, 2.24) is 20.1 Å². The highest BCUT2D eigenvalue weighted by Crippen LogP contribution is 2.23. The van der Waals surface area contributed by atoms with E-state index in [-0.39, 0.29) is 11.5 Å². The number of benzene rings is 2. The number of H-pyrrole nitrogens is 1. The molecule has 0 fully saturated rings. The van der Waals surface area contributed by atoms with Gasteiger partial charge in [0, 0.05) is 29.2 Å². The minimum absolute atomic E-state index is 0.192. The van der Waals surface area contributed by atoms with Crippen LogP contribution >= 0.6 is 22.9 Å². The van der Waals surface area contributed by atoms with Gasteiger partial charge < -0.3 is 5.32 Å². The molecule has 0 aliphatic carbocycles. The Morgan fingerprint density at radius 2 is 1.84 bits per heavy atom. The second-order valence-corrected chi connectivity index (χ2v) is 8.59. The van der Waals surface area contributed by atoms with E-state index in [1.165, 1.54) is 16.0 Å². The zero-order valence-electron chi connectivity index (χ0n) is 17.1. The highest BCUT2D eigenvalue weighted by atomic mass is 35.5. The summed E-state index contributed by atoms with van der Waals surface area (Å²) in [7, 11) is 0. The van der Waals surface area contributed by atoms with Crippen LogP contribution in [0.2, 0.25) is 5.02 Å². The maximum Gasteiger partial charge on any atom is 0.277 e. The van der Waals surface area contributed by atoms with Gasteiger partial charge >= 0.3 is 0 Å². The molecule has 2 N–H and O–H groups in total. The lowest BCUT2D eigenvalue weighted by atomic mass is 10.1. The first-order valence-corrected chi connectivity index (χ1v) is 11.0. The van der Waals surface area contributed by atoms with Crippen molar-refractivity contribution in [2.45, 2.75) is 26.8 Å². The van der Waals surface area contributed by atoms with Crippen molar-refractivity contribution in [3.63, 3.8) is 0 Å². The molecule has 0 saturated carbocycles. The number of nitrogens with zero attached hydrogens (tertiary/aromatic N) is 2. The third kappa shape index (κ3) is 4.47. The number of rotatable bonds is 6. The van der Waals surface area contributed by atoms with E-state index in [4.69, 9.17) is 11.6 Å². The molecule has 6 nitrogen and oxygen atoms in total. The molecule has 1 amide bonds. The third-order valence-electron chi connectivity index (χ3n) is 5.00. The Morgan fingerprint density at radius 3 is 2.58 bits per heavy atom. The van der Waals surface area contributed by atoms with Gasteiger partial charge in [0.1, 0.15) is 4.88 Å². The van der Waals surface area contributed by atoms with Gasteiger partial charge in [0.2, 0.25) is 5.13 Å². The predicted molar refractivity (Wildman–Crippen MR) is 123 cm³/mol. The van der Waals surface area contributed by atoms with Gasteiger partial charge in [-0.1, -0.05) is 71.5 Å². The fourth-order valence-corrected chi connectivity index (χ4v) is 4.45. The molecule has 0 spiro atoms. The van der Waals surface area contributed by atoms with Crippen LogP contribution in [0.15, 0.2) is 59.4 Å². The van der Waals surface area contributed by atoms with Gasteiger partial charge in [-0.15, -0.1) is 0 Å². The number of carbonyl (C=O) groups is 1. The number of carbonyl (C=O) groups excluding carboxylic acids is 1. The Hall–Kier alpha value is -3.16. The summed E-state index contributed by atoms with van der Waals surface area (Å²) < 4.78 is 1.40. The lowest BCUT2D eigenvalue weighted by Crippen LogP contribution is -2.22. The van der Waals surface area contributed by atoms with Gasteiger partial charge in [-0.25, -0.2) is 4.98 Å². The predicted octanol–water partition coefficient (Wildman–Crippen LogP) is 4.41. The normalized spacial score (nSPS) is 10.9. The van der Waals surface area contributed by atoms with Gasteiger partial charge in [-0.3, -0.25) is 14.7 Å². The van der Waals surface area contributed by atoms with Crippen molar-refractivity contribution >= 4 is 28.8 Å². The van der Waals surface area contributed by atoms with Crippen molar-refractivity contribution in [2.75, 3.05) is 0 Å². The maximum atomic E-state index is 13.1. The average molecular weight is 453 g/mol. The van der Waals surface area contributed by atoms with Crippen LogP contribution < -0.4 is 10.9 Å². The monoisotopic (exact) mass is 452 g/mol. The zero-order chi connectivity index (χ0) is 22.0. The Labute approximate surface area is 188 Å². The summed E-state index contributed by atoms with van der Waals surface area (Å²) in [5.74, 6) is -0.210. The summed E-state index contributed by atoms with van der Waals surface area (Å²) in [6.45, 7) is 4.04. The number of aromatic nitrogens is 3. The molecular weight excluding hydrogens is 432 g/mol. The molecule has 0 bridgehead atoms. The van der Waals surface area contributed by atoms with E-state index in [0.29, 0.717) is 39.3 Å². The minimum atomic E-state index is -0.210. The first-order valence-electron chi connectivity index (χ1n) is 9.78. The molecule has 31 heavy (non-hydrogen) atoms. The molecule has 2 heterocycles. The molecule has 0 aliphatic heterocycles. The summed E-state index contributed by atoms with van der Waals surface area (Å²) in [6.07, 6.45) is 0.419. The number of thiazole rings is 1. The Balaban J connectivity index is 1.57. The number of hydrogen-bond donors (Lipinski definition) is 2. The van der Waals surface area contributed by atoms with Crippen LogP contribution in [0, 0.1) is 13.8 Å². The van der Waals surface area contributed by atoms with E-state index in [1.54, 1.807) is 6.92 Å². The first kappa shape index (κ1) is 21.1. The van der Waals surface area contributed by atoms with E-state index >= 15 is 0 Å². The van der Waals surface area contributed by atoms with Crippen LogP contribution in [-0.4, -0.2) is 20.7 Å². The smallest absolute Gasteiger partial charge is 0.277 e. The molecule has 158 valence electrons. The van der Waals surface area contributed by atoms with Crippen molar-refractivity contribution < 1.29 is 4.79 Å². The van der Waals surface area contributed by atoms with Crippen LogP contribution in [-0.2, 0) is 13.0 Å². The first-order chi connectivity index (χ1) is 14.9. The molecule has 2 aromatic carbocycles. The molecule has 0 radical (unpaired) electrons. The fraction of sp³-hybridized carbons (Fsp3) is 0.174. The number of nitrogens with one attached hydrogen (secondary N) is 2. The molecule has 0 aliphatic rings. The van der Waals surface area contributed by atoms with Crippen LogP contribution in [0.1, 0.15) is 37.7 Å². The van der Waals surface area contributed by atoms with E-state index in [0.717, 1.165) is 16.8 Å². The van der Waals surface area contributed by atoms with Gasteiger partial charge in [-0.2, -0.15) is 4.68 Å². The van der Waals surface area contributed by atoms with E-state index in [2.05, 4.69) is 15.4 Å². The van der Waals surface area contributed by atoms with Gasteiger partial charge in [0.05, 0.1) is 5.69 Å². The number of aromatic amines is 1. The number of halogens is 1. The van der Waals surface area contributed by atoms with E-state index < -0.39 is 0 Å². The van der Waals surface area contributed by atoms with Crippen LogP contribution in [0.25, 0.3) is 5.13 Å². The molecular formula is C23H21ClN4O2S. The number of amides is 1. The quantitative estimate of drug-likeness (QED) is 0.454. The van der Waals surface area contributed by atoms with Gasteiger partial charge in [0.15, 0.2) is 0 Å². The molecule has 0 unspecified atom stereocenters. The molecule has 2 aromatic heterocycles. The summed E-state index contributed by atoms with van der Waals surface area (Å²) >= 11 is 7.45. The largest absolute Gasteiger partial charge is 0.347 e. The summed E-state index contributed by atoms with van der Waals surface area (Å²) in [5.41, 5.74) is 3.65. The van der Waals surface area contributed by atoms with Gasteiger partial charge in [0.25, 0.3) is 11.5 Å². The Morgan fingerprint density at radius 1 is 1.13 bits per heavy atom. The summed E-state index contributed by atoms with van der Waals surface area (Å²) in [5, 5.41) is 7.05. The second-order valence-electron chi connectivity index (χ2n) is 7.20. The highest BCUT2D eigenvalue weighted by Gasteiger charge is 2.20. The van der Waals surface area contributed by atoms with Crippen molar-refractivity contribution in [3.05, 3.63) is 103 Å². The van der Waals surface area contributed by atoms with E-state index in [9.17, 15) is 9.59 Å². The second kappa shape index (κ2) is 8.91. The van der Waals surface area contributed by atoms with Crippen LogP contribution in [0.3, 0.4) is 0 Å². The van der Waals surface area contributed by atoms with Crippen molar-refractivity contribution in [1.29, 1.82) is 0 Å². The summed E-state index contributed by atoms with van der Waals surface area (Å²) in [4.78, 5) is 30.7. The molecule has 0 saturated heterocycles. The molecule has 4 rings (SSSR count). The van der Waals surface area contributed by atoms with Crippen LogP contribution in [0.4, 0.5) is 0 Å². The summed E-state index contributed by atoms with van der Waals surface area (Å²) in [6, 6.07) is 17.2. The Kier molecular flexibility index (Phi) is 6.06. The third-order valence-corrected chi connectivity index (χ3v) is 6.51. The maximum absolute atomic E-state index is 13.1. The highest BCUT2D eigenvalue weighted by molar-refractivity contribution is 7.16. The topological polar surface area (TPSA) is 79.8 Å². The van der Waals surface area contributed by atoms with E-state index in [1.807, 2.05) is 61.5 Å². The standard InChI is InChI=1S/C23H21ClN4O2S/c1-14-18(12-17-10-6-7-11-19(17)24)22(30)28(27-14)23-26-15(2)20(31-23)21(29)25-13-16-8-4-3-5-9-16/h3-11,27H,12-13H2,1-2H3,(H,25,29). The van der Waals surface area contributed by atoms with Crippen molar-refractivity contribution in [2.24, 2.45) is 0 Å². The molecule has 0 atom stereocenters. The SMILES string of the molecule is Cc1nc(-n2[nH]c(C)c(Cc3ccccc3Cl)c2=O)sc1C(=O)NCc1ccccc1. The Bertz CT molecular complexity index is 1290. The van der Waals surface area contributed by atoms with Crippen molar-refractivity contribution in [3.8, 4) is 5.13 Å². The zero-order valence-corrected chi connectivity index (χ0v) is 18.7. The number of aryl methyl sites for hydroxylation is 2.